The van der Waals surface area contributed by atoms with Crippen LogP contribution in [0.3, 0.4) is 0 Å². The molecular weight excluding hydrogens is 399 g/mol. The first-order valence-electron chi connectivity index (χ1n) is 8.94. The minimum absolute atomic E-state index is 0.0000781. The van der Waals surface area contributed by atoms with Crippen molar-refractivity contribution in [3.8, 4) is 10.6 Å². The maximum absolute atomic E-state index is 13.3. The Hall–Kier alpha value is -1.54. The Labute approximate surface area is 163 Å². The van der Waals surface area contributed by atoms with Crippen LogP contribution >= 0.6 is 22.9 Å². The van der Waals surface area contributed by atoms with E-state index in [-0.39, 0.29) is 18.8 Å². The van der Waals surface area contributed by atoms with Gasteiger partial charge in [-0.15, -0.1) is 11.3 Å². The molecule has 27 heavy (non-hydrogen) atoms. The Bertz CT molecular complexity index is 868. The second kappa shape index (κ2) is 6.51. The number of rotatable bonds is 5. The van der Waals surface area contributed by atoms with Gasteiger partial charge in [-0.2, -0.15) is 18.3 Å². The molecule has 0 saturated heterocycles. The van der Waals surface area contributed by atoms with Crippen LogP contribution in [0.2, 0.25) is 4.34 Å². The number of nitrogens with one attached hydrogen (secondary N) is 2. The Morgan fingerprint density at radius 2 is 2.11 bits per heavy atom. The molecule has 1 atom stereocenters. The van der Waals surface area contributed by atoms with Gasteiger partial charge in [0, 0.05) is 11.5 Å². The average molecular weight is 418 g/mol. The van der Waals surface area contributed by atoms with Gasteiger partial charge < -0.3 is 5.32 Å². The highest BCUT2D eigenvalue weighted by Gasteiger charge is 2.67. The summed E-state index contributed by atoms with van der Waals surface area (Å²) in [7, 11) is 0. The lowest BCUT2D eigenvalue weighted by molar-refractivity contribution is -0.201. The molecule has 146 valence electrons. The van der Waals surface area contributed by atoms with Gasteiger partial charge >= 0.3 is 6.18 Å². The molecule has 1 amide bonds. The number of aromatic nitrogens is 2. The zero-order valence-corrected chi connectivity index (χ0v) is 16.2. The molecule has 0 aromatic carbocycles. The number of nitrogens with zero attached hydrogens (tertiary/aromatic N) is 1. The third-order valence-electron chi connectivity index (χ3n) is 5.95. The van der Waals surface area contributed by atoms with Crippen LogP contribution in [0.15, 0.2) is 12.1 Å². The second-order valence-corrected chi connectivity index (χ2v) is 9.17. The molecule has 2 heterocycles. The summed E-state index contributed by atoms with van der Waals surface area (Å²) in [5.74, 6) is -1.20. The largest absolute Gasteiger partial charge is 0.395 e. The van der Waals surface area contributed by atoms with Crippen LogP contribution in [0.4, 0.5) is 19.0 Å². The molecule has 2 N–H and O–H groups in total. The molecule has 0 bridgehead atoms. The number of amides is 1. The molecule has 2 saturated carbocycles. The predicted molar refractivity (Wildman–Crippen MR) is 99.0 cm³/mol. The van der Waals surface area contributed by atoms with E-state index in [1.165, 1.54) is 18.3 Å². The van der Waals surface area contributed by atoms with Crippen molar-refractivity contribution in [2.45, 2.75) is 51.1 Å². The summed E-state index contributed by atoms with van der Waals surface area (Å²) in [4.78, 5) is 13.5. The zero-order chi connectivity index (χ0) is 19.4. The van der Waals surface area contributed by atoms with Crippen LogP contribution in [0, 0.1) is 11.3 Å². The molecule has 0 spiro atoms. The first kappa shape index (κ1) is 18.8. The minimum Gasteiger partial charge on any atom is -0.309 e. The van der Waals surface area contributed by atoms with Crippen LogP contribution in [0.5, 0.6) is 0 Å². The first-order chi connectivity index (χ1) is 12.7. The summed E-state index contributed by atoms with van der Waals surface area (Å²) < 4.78 is 40.6. The van der Waals surface area contributed by atoms with Gasteiger partial charge in [0.2, 0.25) is 5.91 Å². The SMILES string of the molecule is C[C@@H](C(=O)Nc1n[nH]c(-c2ccc(Cl)s2)c1C1CCC1)C1(C(F)(F)F)CC1. The van der Waals surface area contributed by atoms with Crippen molar-refractivity contribution < 1.29 is 18.0 Å². The van der Waals surface area contributed by atoms with Crippen molar-refractivity contribution in [2.75, 3.05) is 5.32 Å². The van der Waals surface area contributed by atoms with Gasteiger partial charge in [0.1, 0.15) is 0 Å². The molecule has 4 rings (SSSR count). The Balaban J connectivity index is 1.61. The summed E-state index contributed by atoms with van der Waals surface area (Å²) in [5, 5.41) is 9.83. The highest BCUT2D eigenvalue weighted by Crippen LogP contribution is 2.62. The molecule has 2 aromatic heterocycles. The van der Waals surface area contributed by atoms with E-state index in [1.807, 2.05) is 6.07 Å². The number of anilines is 1. The van der Waals surface area contributed by atoms with Crippen LogP contribution in [-0.4, -0.2) is 22.3 Å². The quantitative estimate of drug-likeness (QED) is 0.629. The van der Waals surface area contributed by atoms with Crippen molar-refractivity contribution in [1.82, 2.24) is 10.2 Å². The predicted octanol–water partition coefficient (Wildman–Crippen LogP) is 5.98. The lowest BCUT2D eigenvalue weighted by Gasteiger charge is -2.28. The summed E-state index contributed by atoms with van der Waals surface area (Å²) in [6.45, 7) is 1.35. The summed E-state index contributed by atoms with van der Waals surface area (Å²) in [6.07, 6.45) is -1.35. The number of thiophene rings is 1. The number of hydrogen-bond acceptors (Lipinski definition) is 3. The van der Waals surface area contributed by atoms with E-state index in [9.17, 15) is 18.0 Å². The van der Waals surface area contributed by atoms with E-state index >= 15 is 0 Å². The molecule has 2 aliphatic carbocycles. The molecule has 4 nitrogen and oxygen atoms in total. The molecule has 2 fully saturated rings. The van der Waals surface area contributed by atoms with Gasteiger partial charge in [0.05, 0.1) is 20.3 Å². The van der Waals surface area contributed by atoms with Gasteiger partial charge in [-0.25, -0.2) is 0 Å². The minimum atomic E-state index is -4.37. The fraction of sp³-hybridized carbons (Fsp3) is 0.556. The summed E-state index contributed by atoms with van der Waals surface area (Å²) >= 11 is 7.43. The number of carbonyl (C=O) groups excluding carboxylic acids is 1. The molecule has 2 aromatic rings. The van der Waals surface area contributed by atoms with E-state index in [2.05, 4.69) is 15.5 Å². The number of hydrogen-bond donors (Lipinski definition) is 2. The third kappa shape index (κ3) is 3.16. The summed E-state index contributed by atoms with van der Waals surface area (Å²) in [6, 6.07) is 3.66. The van der Waals surface area contributed by atoms with Crippen molar-refractivity contribution in [1.29, 1.82) is 0 Å². The van der Waals surface area contributed by atoms with Gasteiger partial charge in [-0.05, 0) is 43.7 Å². The highest BCUT2D eigenvalue weighted by molar-refractivity contribution is 7.19. The molecular formula is C18H19ClF3N3OS. The Kier molecular flexibility index (Phi) is 4.54. The number of aromatic amines is 1. The maximum atomic E-state index is 13.3. The third-order valence-corrected chi connectivity index (χ3v) is 7.20. The van der Waals surface area contributed by atoms with Gasteiger partial charge in [0.15, 0.2) is 5.82 Å². The number of carbonyl (C=O) groups is 1. The van der Waals surface area contributed by atoms with Crippen molar-refractivity contribution >= 4 is 34.7 Å². The van der Waals surface area contributed by atoms with Crippen LogP contribution in [0.1, 0.15) is 50.5 Å². The van der Waals surface area contributed by atoms with Gasteiger partial charge in [0.25, 0.3) is 0 Å². The van der Waals surface area contributed by atoms with Crippen molar-refractivity contribution in [3.05, 3.63) is 22.0 Å². The molecule has 9 heteroatoms. The van der Waals surface area contributed by atoms with E-state index in [0.29, 0.717) is 10.2 Å². The molecule has 0 aliphatic heterocycles. The average Bonchev–Trinajstić information content (AvgIpc) is 3.14. The Morgan fingerprint density at radius 3 is 2.59 bits per heavy atom. The standard InChI is InChI=1S/C18H19ClF3N3OS/c1-9(17(7-8-17)18(20,21)22)16(26)23-15-13(10-3-2-4-10)14(24-25-15)11-5-6-12(19)27-11/h5-6,9-10H,2-4,7-8H2,1H3,(H2,23,24,25,26)/t9-/m0/s1. The van der Waals surface area contributed by atoms with E-state index in [4.69, 9.17) is 11.6 Å². The van der Waals surface area contributed by atoms with E-state index in [1.54, 1.807) is 6.07 Å². The molecule has 2 aliphatic rings. The number of halogens is 4. The zero-order valence-electron chi connectivity index (χ0n) is 14.6. The fourth-order valence-electron chi connectivity index (χ4n) is 3.75. The van der Waals surface area contributed by atoms with Crippen molar-refractivity contribution in [2.24, 2.45) is 11.3 Å². The van der Waals surface area contributed by atoms with Crippen LogP contribution < -0.4 is 5.32 Å². The summed E-state index contributed by atoms with van der Waals surface area (Å²) in [5.41, 5.74) is -0.234. The number of H-pyrrole nitrogens is 1. The maximum Gasteiger partial charge on any atom is 0.395 e. The lowest BCUT2D eigenvalue weighted by Crippen LogP contribution is -2.38. The second-order valence-electron chi connectivity index (χ2n) is 7.46. The smallest absolute Gasteiger partial charge is 0.309 e. The van der Waals surface area contributed by atoms with E-state index < -0.39 is 23.4 Å². The molecule has 0 unspecified atom stereocenters. The molecule has 0 radical (unpaired) electrons. The topological polar surface area (TPSA) is 57.8 Å². The first-order valence-corrected chi connectivity index (χ1v) is 10.1. The lowest BCUT2D eigenvalue weighted by atomic mass is 9.79. The van der Waals surface area contributed by atoms with Crippen LogP contribution in [-0.2, 0) is 4.79 Å². The normalized spacial score (nSPS) is 20.2. The van der Waals surface area contributed by atoms with Crippen molar-refractivity contribution in [3.63, 3.8) is 0 Å². The fourth-order valence-corrected chi connectivity index (χ4v) is 4.80. The van der Waals surface area contributed by atoms with Gasteiger partial charge in [-0.3, -0.25) is 9.89 Å². The number of alkyl halides is 3. The van der Waals surface area contributed by atoms with E-state index in [0.717, 1.165) is 35.4 Å². The highest BCUT2D eigenvalue weighted by atomic mass is 35.5. The van der Waals surface area contributed by atoms with Gasteiger partial charge in [-0.1, -0.05) is 24.9 Å². The monoisotopic (exact) mass is 417 g/mol. The Morgan fingerprint density at radius 1 is 1.41 bits per heavy atom. The van der Waals surface area contributed by atoms with Crippen LogP contribution in [0.25, 0.3) is 10.6 Å².